The highest BCUT2D eigenvalue weighted by Crippen LogP contribution is 2.21. The molecule has 0 spiro atoms. The number of hydrogen-bond donors (Lipinski definition) is 2. The second-order valence-corrected chi connectivity index (χ2v) is 6.44. The van der Waals surface area contributed by atoms with E-state index >= 15 is 0 Å². The normalized spacial score (nSPS) is 21.3. The molecule has 0 radical (unpaired) electrons. The molecule has 1 aliphatic rings. The topological polar surface area (TPSA) is 56.8 Å². The number of H-pyrrole nitrogens is 1. The molecule has 5 heteroatoms. The van der Waals surface area contributed by atoms with Crippen LogP contribution >= 0.6 is 0 Å². The van der Waals surface area contributed by atoms with Crippen molar-refractivity contribution in [3.8, 4) is 0 Å². The van der Waals surface area contributed by atoms with E-state index in [9.17, 15) is 0 Å². The minimum atomic E-state index is 0.344. The number of rotatable bonds is 3. The summed E-state index contributed by atoms with van der Waals surface area (Å²) in [5, 5.41) is 10.8. The highest BCUT2D eigenvalue weighted by Gasteiger charge is 2.19. The van der Waals surface area contributed by atoms with E-state index in [2.05, 4.69) is 53.1 Å². The average Bonchev–Trinajstić information content (AvgIpc) is 2.74. The summed E-state index contributed by atoms with van der Waals surface area (Å²) >= 11 is 0. The van der Waals surface area contributed by atoms with Crippen LogP contribution in [0.5, 0.6) is 0 Å². The lowest BCUT2D eigenvalue weighted by Gasteiger charge is -2.30. The number of aromatic amines is 1. The Hall–Kier alpha value is -1.10. The van der Waals surface area contributed by atoms with E-state index in [1.54, 1.807) is 0 Å². The minimum absolute atomic E-state index is 0.344. The summed E-state index contributed by atoms with van der Waals surface area (Å²) in [4.78, 5) is 6.85. The lowest BCUT2D eigenvalue weighted by Crippen LogP contribution is -2.49. The maximum Gasteiger partial charge on any atom is 0.244 e. The van der Waals surface area contributed by atoms with Gasteiger partial charge in [-0.25, -0.2) is 0 Å². The van der Waals surface area contributed by atoms with Crippen molar-refractivity contribution in [3.05, 3.63) is 5.82 Å². The van der Waals surface area contributed by atoms with E-state index in [4.69, 9.17) is 0 Å². The zero-order valence-electron chi connectivity index (χ0n) is 12.0. The van der Waals surface area contributed by atoms with Crippen LogP contribution in [0.4, 0.5) is 5.95 Å². The first kappa shape index (κ1) is 13.3. The van der Waals surface area contributed by atoms with E-state index in [-0.39, 0.29) is 0 Å². The lowest BCUT2D eigenvalue weighted by molar-refractivity contribution is 0.374. The van der Waals surface area contributed by atoms with Crippen LogP contribution in [0, 0.1) is 5.41 Å². The average molecular weight is 251 g/mol. The monoisotopic (exact) mass is 251 g/mol. The van der Waals surface area contributed by atoms with Crippen LogP contribution < -0.4 is 10.2 Å². The predicted octanol–water partition coefficient (Wildman–Crippen LogP) is 1.58. The Morgan fingerprint density at radius 2 is 2.17 bits per heavy atom. The number of nitrogens with zero attached hydrogens (tertiary/aromatic N) is 3. The Morgan fingerprint density at radius 1 is 1.39 bits per heavy atom. The quantitative estimate of drug-likeness (QED) is 0.856. The van der Waals surface area contributed by atoms with E-state index in [1.165, 1.54) is 0 Å². The number of hydrogen-bond acceptors (Lipinski definition) is 4. The molecule has 102 valence electrons. The van der Waals surface area contributed by atoms with E-state index in [1.807, 2.05) is 0 Å². The van der Waals surface area contributed by atoms with Gasteiger partial charge >= 0.3 is 0 Å². The SMILES string of the molecule is CC1CN(c2n[nH]c(CCC(C)(C)C)n2)CCN1. The molecule has 0 aromatic carbocycles. The van der Waals surface area contributed by atoms with Crippen LogP contribution in [-0.4, -0.2) is 40.9 Å². The smallest absolute Gasteiger partial charge is 0.244 e. The first-order valence-electron chi connectivity index (χ1n) is 6.84. The summed E-state index contributed by atoms with van der Waals surface area (Å²) in [7, 11) is 0. The van der Waals surface area contributed by atoms with Gasteiger partial charge in [0, 0.05) is 32.1 Å². The summed E-state index contributed by atoms with van der Waals surface area (Å²) in [6, 6.07) is 0.510. The molecule has 2 N–H and O–H groups in total. The van der Waals surface area contributed by atoms with Gasteiger partial charge in [-0.15, -0.1) is 5.10 Å². The number of piperazine rings is 1. The van der Waals surface area contributed by atoms with Gasteiger partial charge in [-0.2, -0.15) is 4.98 Å². The molecule has 1 aliphatic heterocycles. The van der Waals surface area contributed by atoms with Crippen molar-refractivity contribution >= 4 is 5.95 Å². The first-order chi connectivity index (χ1) is 8.44. The standard InChI is InChI=1S/C13H25N5/c1-10-9-18(8-7-14-10)12-15-11(16-17-12)5-6-13(2,3)4/h10,14H,5-9H2,1-4H3,(H,15,16,17). The molecular formula is C13H25N5. The molecule has 1 saturated heterocycles. The van der Waals surface area contributed by atoms with Crippen molar-refractivity contribution in [2.75, 3.05) is 24.5 Å². The molecule has 0 bridgehead atoms. The Kier molecular flexibility index (Phi) is 3.90. The zero-order chi connectivity index (χ0) is 13.2. The van der Waals surface area contributed by atoms with Crippen LogP contribution in [0.1, 0.15) is 39.9 Å². The fourth-order valence-corrected chi connectivity index (χ4v) is 2.15. The zero-order valence-corrected chi connectivity index (χ0v) is 12.0. The highest BCUT2D eigenvalue weighted by molar-refractivity contribution is 5.30. The third-order valence-electron chi connectivity index (χ3n) is 3.28. The van der Waals surface area contributed by atoms with Gasteiger partial charge in [-0.05, 0) is 18.8 Å². The Morgan fingerprint density at radius 3 is 2.83 bits per heavy atom. The maximum atomic E-state index is 4.60. The number of aryl methyl sites for hydroxylation is 1. The molecule has 0 saturated carbocycles. The molecule has 1 aromatic heterocycles. The largest absolute Gasteiger partial charge is 0.337 e. The molecule has 1 atom stereocenters. The minimum Gasteiger partial charge on any atom is -0.337 e. The van der Waals surface area contributed by atoms with E-state index in [0.717, 1.165) is 44.2 Å². The summed E-state index contributed by atoms with van der Waals surface area (Å²) in [6.45, 7) is 11.9. The molecule has 1 unspecified atom stereocenters. The van der Waals surface area contributed by atoms with Crippen molar-refractivity contribution < 1.29 is 0 Å². The van der Waals surface area contributed by atoms with E-state index in [0.29, 0.717) is 11.5 Å². The fraction of sp³-hybridized carbons (Fsp3) is 0.846. The van der Waals surface area contributed by atoms with Gasteiger partial charge in [0.2, 0.25) is 5.95 Å². The van der Waals surface area contributed by atoms with E-state index < -0.39 is 0 Å². The van der Waals surface area contributed by atoms with Gasteiger partial charge < -0.3 is 10.2 Å². The van der Waals surface area contributed by atoms with Crippen molar-refractivity contribution in [1.82, 2.24) is 20.5 Å². The molecule has 2 rings (SSSR count). The summed E-state index contributed by atoms with van der Waals surface area (Å²) in [5.74, 6) is 1.86. The third-order valence-corrected chi connectivity index (χ3v) is 3.28. The number of nitrogens with one attached hydrogen (secondary N) is 2. The predicted molar refractivity (Wildman–Crippen MR) is 73.8 cm³/mol. The second-order valence-electron chi connectivity index (χ2n) is 6.44. The van der Waals surface area contributed by atoms with Crippen LogP contribution in [0.2, 0.25) is 0 Å². The summed E-state index contributed by atoms with van der Waals surface area (Å²) < 4.78 is 0. The molecule has 1 fully saturated rings. The van der Waals surface area contributed by atoms with Gasteiger partial charge in [0.1, 0.15) is 5.82 Å². The molecular weight excluding hydrogens is 226 g/mol. The molecule has 0 amide bonds. The van der Waals surface area contributed by atoms with Crippen molar-refractivity contribution in [2.45, 2.75) is 46.6 Å². The third kappa shape index (κ3) is 3.70. The van der Waals surface area contributed by atoms with Crippen molar-refractivity contribution in [3.63, 3.8) is 0 Å². The van der Waals surface area contributed by atoms with Crippen LogP contribution in [0.25, 0.3) is 0 Å². The molecule has 0 aliphatic carbocycles. The van der Waals surface area contributed by atoms with Crippen molar-refractivity contribution in [1.29, 1.82) is 0 Å². The van der Waals surface area contributed by atoms with Gasteiger partial charge in [-0.3, -0.25) is 5.10 Å². The number of anilines is 1. The first-order valence-corrected chi connectivity index (χ1v) is 6.84. The molecule has 18 heavy (non-hydrogen) atoms. The lowest BCUT2D eigenvalue weighted by atomic mass is 9.90. The van der Waals surface area contributed by atoms with Crippen LogP contribution in [0.3, 0.4) is 0 Å². The summed E-state index contributed by atoms with van der Waals surface area (Å²) in [6.07, 6.45) is 2.09. The second kappa shape index (κ2) is 5.26. The highest BCUT2D eigenvalue weighted by atomic mass is 15.4. The molecule has 5 nitrogen and oxygen atoms in total. The molecule has 1 aromatic rings. The Balaban J connectivity index is 1.93. The van der Waals surface area contributed by atoms with Gasteiger partial charge in [-0.1, -0.05) is 20.8 Å². The van der Waals surface area contributed by atoms with Crippen LogP contribution in [0.15, 0.2) is 0 Å². The maximum absolute atomic E-state index is 4.60. The Labute approximate surface area is 109 Å². The number of aromatic nitrogens is 3. The fourth-order valence-electron chi connectivity index (χ4n) is 2.15. The van der Waals surface area contributed by atoms with Crippen molar-refractivity contribution in [2.24, 2.45) is 5.41 Å². The van der Waals surface area contributed by atoms with Gasteiger partial charge in [0.25, 0.3) is 0 Å². The summed E-state index contributed by atoms with van der Waals surface area (Å²) in [5.41, 5.74) is 0.344. The van der Waals surface area contributed by atoms with Gasteiger partial charge in [0.05, 0.1) is 0 Å². The molecule has 2 heterocycles. The van der Waals surface area contributed by atoms with Crippen LogP contribution in [-0.2, 0) is 6.42 Å². The Bertz CT molecular complexity index is 379. The van der Waals surface area contributed by atoms with Gasteiger partial charge in [0.15, 0.2) is 0 Å².